The van der Waals surface area contributed by atoms with Crippen LogP contribution in [0.2, 0.25) is 0 Å². The molecule has 1 heterocycles. The molecule has 0 unspecified atom stereocenters. The molecule has 7 heteroatoms. The molecule has 0 atom stereocenters. The van der Waals surface area contributed by atoms with Gasteiger partial charge in [-0.2, -0.15) is 13.2 Å². The van der Waals surface area contributed by atoms with Gasteiger partial charge in [-0.3, -0.25) is 0 Å². The number of halogens is 4. The zero-order valence-corrected chi connectivity index (χ0v) is 6.53. The van der Waals surface area contributed by atoms with E-state index in [2.05, 4.69) is 25.6 Å². The van der Waals surface area contributed by atoms with Crippen LogP contribution in [0.25, 0.3) is 0 Å². The maximum absolute atomic E-state index is 11.8. The van der Waals surface area contributed by atoms with Crippen LogP contribution in [0.3, 0.4) is 0 Å². The number of rotatable bonds is 0. The van der Waals surface area contributed by atoms with Gasteiger partial charge in [0.1, 0.15) is 5.69 Å². The Hall–Kier alpha value is -0.720. The Morgan fingerprint density at radius 3 is 2.18 bits per heavy atom. The summed E-state index contributed by atoms with van der Waals surface area (Å²) in [7, 11) is 0. The maximum Gasteiger partial charge on any atom is 0.454 e. The lowest BCUT2D eigenvalue weighted by atomic mass is 10.4. The third-order valence-corrected chi connectivity index (χ3v) is 1.51. The minimum Gasteiger partial charge on any atom is -0.393 e. The summed E-state index contributed by atoms with van der Waals surface area (Å²) in [5.41, 5.74) is 4.44. The van der Waals surface area contributed by atoms with Gasteiger partial charge in [-0.05, 0) is 15.9 Å². The Morgan fingerprint density at radius 2 is 2.00 bits per heavy atom. The van der Waals surface area contributed by atoms with Crippen LogP contribution in [-0.4, -0.2) is 5.16 Å². The van der Waals surface area contributed by atoms with E-state index in [4.69, 9.17) is 5.73 Å². The topological polar surface area (TPSA) is 52.0 Å². The summed E-state index contributed by atoms with van der Waals surface area (Å²) in [6.45, 7) is 0. The number of alkyl halides is 3. The molecule has 1 aromatic rings. The Morgan fingerprint density at radius 1 is 1.45 bits per heavy atom. The highest BCUT2D eigenvalue weighted by molar-refractivity contribution is 9.10. The van der Waals surface area contributed by atoms with Gasteiger partial charge >= 0.3 is 6.18 Å². The molecule has 0 saturated heterocycles. The van der Waals surface area contributed by atoms with Crippen LogP contribution in [0.5, 0.6) is 0 Å². The van der Waals surface area contributed by atoms with Crippen molar-refractivity contribution in [2.45, 2.75) is 6.18 Å². The average Bonchev–Trinajstić information content (AvgIpc) is 2.11. The number of nitrogens with two attached hydrogens (primary N) is 1. The number of hydrogen-bond acceptors (Lipinski definition) is 3. The van der Waals surface area contributed by atoms with E-state index in [1.165, 1.54) is 0 Å². The van der Waals surface area contributed by atoms with E-state index in [9.17, 15) is 13.2 Å². The first kappa shape index (κ1) is 8.38. The summed E-state index contributed by atoms with van der Waals surface area (Å²) in [6, 6.07) is 0. The number of nitrogens with zero attached hydrogens (tertiary/aromatic N) is 1. The molecule has 0 fully saturated rings. The van der Waals surface area contributed by atoms with Crippen molar-refractivity contribution in [2.24, 2.45) is 0 Å². The molecule has 11 heavy (non-hydrogen) atoms. The Bertz CT molecular complexity index is 269. The summed E-state index contributed by atoms with van der Waals surface area (Å²) >= 11 is 2.68. The predicted molar refractivity (Wildman–Crippen MR) is 33.6 cm³/mol. The number of aromatic nitrogens is 1. The van der Waals surface area contributed by atoms with E-state index in [-0.39, 0.29) is 4.60 Å². The van der Waals surface area contributed by atoms with Crippen LogP contribution >= 0.6 is 15.9 Å². The zero-order chi connectivity index (χ0) is 8.65. The van der Waals surface area contributed by atoms with Crippen molar-refractivity contribution in [1.82, 2.24) is 5.16 Å². The van der Waals surface area contributed by atoms with Gasteiger partial charge in [-0.15, -0.1) is 0 Å². The standard InChI is InChI=1S/C4H2BrF3N2O/c5-3-1(9)2(11-10-3)4(6,7)8/h9H2. The van der Waals surface area contributed by atoms with E-state index < -0.39 is 17.6 Å². The largest absolute Gasteiger partial charge is 0.454 e. The van der Waals surface area contributed by atoms with Crippen molar-refractivity contribution in [3.63, 3.8) is 0 Å². The molecule has 1 rings (SSSR count). The Labute approximate surface area is 67.5 Å². The highest BCUT2D eigenvalue weighted by Crippen LogP contribution is 2.36. The Kier molecular flexibility index (Phi) is 1.83. The SMILES string of the molecule is Nc1c(Br)noc1C(F)(F)F. The molecule has 0 bridgehead atoms. The molecule has 62 valence electrons. The van der Waals surface area contributed by atoms with E-state index >= 15 is 0 Å². The predicted octanol–water partition coefficient (Wildman–Crippen LogP) is 2.04. The second-order valence-corrected chi connectivity index (χ2v) is 2.47. The third-order valence-electron chi connectivity index (χ3n) is 0.941. The lowest BCUT2D eigenvalue weighted by molar-refractivity contribution is -0.154. The lowest BCUT2D eigenvalue weighted by Crippen LogP contribution is -2.06. The molecular formula is C4H2BrF3N2O. The second kappa shape index (κ2) is 2.40. The van der Waals surface area contributed by atoms with Gasteiger partial charge in [-0.1, -0.05) is 5.16 Å². The van der Waals surface area contributed by atoms with Gasteiger partial charge in [0, 0.05) is 0 Å². The first-order valence-electron chi connectivity index (χ1n) is 2.40. The van der Waals surface area contributed by atoms with Gasteiger partial charge in [0.15, 0.2) is 4.60 Å². The minimum absolute atomic E-state index is 0.134. The van der Waals surface area contributed by atoms with Gasteiger partial charge in [0.25, 0.3) is 5.76 Å². The lowest BCUT2D eigenvalue weighted by Gasteiger charge is -1.99. The van der Waals surface area contributed by atoms with Crippen LogP contribution in [0.4, 0.5) is 18.9 Å². The summed E-state index contributed by atoms with van der Waals surface area (Å²) in [5, 5.41) is 2.98. The quantitative estimate of drug-likeness (QED) is 0.743. The fraction of sp³-hybridized carbons (Fsp3) is 0.250. The van der Waals surface area contributed by atoms with Gasteiger partial charge in [-0.25, -0.2) is 0 Å². The zero-order valence-electron chi connectivity index (χ0n) is 4.94. The molecular weight excluding hydrogens is 229 g/mol. The van der Waals surface area contributed by atoms with E-state index in [0.29, 0.717) is 0 Å². The van der Waals surface area contributed by atoms with E-state index in [0.717, 1.165) is 0 Å². The molecule has 0 saturated carbocycles. The molecule has 2 N–H and O–H groups in total. The summed E-state index contributed by atoms with van der Waals surface area (Å²) < 4.78 is 39.3. The van der Waals surface area contributed by atoms with E-state index in [1.54, 1.807) is 0 Å². The maximum atomic E-state index is 11.8. The van der Waals surface area contributed by atoms with Gasteiger partial charge in [0.05, 0.1) is 0 Å². The van der Waals surface area contributed by atoms with E-state index in [1.807, 2.05) is 0 Å². The van der Waals surface area contributed by atoms with Crippen LogP contribution < -0.4 is 5.73 Å². The van der Waals surface area contributed by atoms with Crippen molar-refractivity contribution >= 4 is 21.6 Å². The molecule has 0 aliphatic rings. The van der Waals surface area contributed by atoms with Crippen molar-refractivity contribution in [3.05, 3.63) is 10.4 Å². The molecule has 0 aliphatic heterocycles. The van der Waals surface area contributed by atoms with Crippen molar-refractivity contribution in [2.75, 3.05) is 5.73 Å². The molecule has 0 spiro atoms. The fourth-order valence-electron chi connectivity index (χ4n) is 0.482. The summed E-state index contributed by atoms with van der Waals surface area (Å²) in [6.07, 6.45) is -4.58. The second-order valence-electron chi connectivity index (χ2n) is 1.71. The molecule has 3 nitrogen and oxygen atoms in total. The molecule has 1 aromatic heterocycles. The van der Waals surface area contributed by atoms with Crippen molar-refractivity contribution in [3.8, 4) is 0 Å². The molecule has 0 radical (unpaired) electrons. The number of anilines is 1. The van der Waals surface area contributed by atoms with Crippen LogP contribution in [0.1, 0.15) is 5.76 Å². The molecule has 0 amide bonds. The van der Waals surface area contributed by atoms with Crippen molar-refractivity contribution in [1.29, 1.82) is 0 Å². The van der Waals surface area contributed by atoms with Crippen LogP contribution in [-0.2, 0) is 6.18 Å². The highest BCUT2D eigenvalue weighted by atomic mass is 79.9. The first-order chi connectivity index (χ1) is 4.93. The van der Waals surface area contributed by atoms with Gasteiger partial charge in [0.2, 0.25) is 0 Å². The normalized spacial score (nSPS) is 12.0. The van der Waals surface area contributed by atoms with Crippen LogP contribution in [0, 0.1) is 0 Å². The minimum atomic E-state index is -4.58. The average molecular weight is 231 g/mol. The monoisotopic (exact) mass is 230 g/mol. The molecule has 0 aliphatic carbocycles. The Balaban J connectivity index is 3.15. The number of nitrogen functional groups attached to an aromatic ring is 1. The first-order valence-corrected chi connectivity index (χ1v) is 3.20. The van der Waals surface area contributed by atoms with Gasteiger partial charge < -0.3 is 10.3 Å². The van der Waals surface area contributed by atoms with Crippen molar-refractivity contribution < 1.29 is 17.7 Å². The number of hydrogen-bond donors (Lipinski definition) is 1. The summed E-state index contributed by atoms with van der Waals surface area (Å²) in [4.78, 5) is 0. The smallest absolute Gasteiger partial charge is 0.393 e. The van der Waals surface area contributed by atoms with Crippen LogP contribution in [0.15, 0.2) is 9.13 Å². The highest BCUT2D eigenvalue weighted by Gasteiger charge is 2.39. The fourth-order valence-corrected chi connectivity index (χ4v) is 0.735. The third kappa shape index (κ3) is 1.47. The molecule has 0 aromatic carbocycles. The summed E-state index contributed by atoms with van der Waals surface area (Å²) in [5.74, 6) is -1.27.